The summed E-state index contributed by atoms with van der Waals surface area (Å²) in [6, 6.07) is 0. The van der Waals surface area contributed by atoms with Crippen molar-refractivity contribution in [2.24, 2.45) is 0 Å². The second-order valence-electron chi connectivity index (χ2n) is 3.02. The summed E-state index contributed by atoms with van der Waals surface area (Å²) < 4.78 is 4.80. The Hall–Kier alpha value is -0.730. The normalized spacial score (nSPS) is 20.7. The topological polar surface area (TPSA) is 50.1 Å². The Bertz CT molecular complexity index is 128. The van der Waals surface area contributed by atoms with E-state index >= 15 is 0 Å². The van der Waals surface area contributed by atoms with Crippen LogP contribution in [-0.4, -0.2) is 12.2 Å². The van der Waals surface area contributed by atoms with E-state index in [1.54, 1.807) is 0 Å². The van der Waals surface area contributed by atoms with Crippen molar-refractivity contribution in [2.75, 3.05) is 0 Å². The summed E-state index contributed by atoms with van der Waals surface area (Å²) in [7, 11) is 0. The summed E-state index contributed by atoms with van der Waals surface area (Å²) in [6.07, 6.45) is 5.81. The maximum absolute atomic E-state index is 10.3. The Kier molecular flexibility index (Phi) is 3.20. The minimum absolute atomic E-state index is 0.0301. The highest BCUT2D eigenvalue weighted by molar-refractivity contribution is 5.63. The zero-order valence-corrected chi connectivity index (χ0v) is 6.64. The van der Waals surface area contributed by atoms with Gasteiger partial charge in [0.1, 0.15) is 6.10 Å². The summed E-state index contributed by atoms with van der Waals surface area (Å²) in [4.78, 5) is 10.3. The predicted octanol–water partition coefficient (Wildman–Crippen LogP) is 2.13. The molecule has 0 unspecified atom stereocenters. The molecule has 1 saturated carbocycles. The lowest BCUT2D eigenvalue weighted by Crippen LogP contribution is -2.16. The molecule has 63 valence electrons. The van der Waals surface area contributed by atoms with E-state index in [0.29, 0.717) is 0 Å². The largest absolute Gasteiger partial charge is 0.445 e. The summed E-state index contributed by atoms with van der Waals surface area (Å²) in [5, 5.41) is 0. The maximum Gasteiger partial charge on any atom is 0.426 e. The molecule has 0 aromatic heterocycles. The molecule has 11 heavy (non-hydrogen) atoms. The quantitative estimate of drug-likeness (QED) is 0.546. The van der Waals surface area contributed by atoms with Crippen molar-refractivity contribution in [2.45, 2.75) is 44.6 Å². The molecule has 0 spiro atoms. The van der Waals surface area contributed by atoms with Gasteiger partial charge in [0, 0.05) is 0 Å². The zero-order valence-electron chi connectivity index (χ0n) is 6.64. The van der Waals surface area contributed by atoms with Crippen LogP contribution in [0.1, 0.15) is 38.5 Å². The van der Waals surface area contributed by atoms with Gasteiger partial charge in [0.05, 0.1) is 0 Å². The Labute approximate surface area is 66.9 Å². The molecule has 1 amide bonds. The van der Waals surface area contributed by atoms with Gasteiger partial charge in [-0.15, -0.1) is 0 Å². The first kappa shape index (κ1) is 8.37. The number of carbonyl (C=O) groups is 1. The van der Waals surface area contributed by atoms with Gasteiger partial charge in [-0.2, -0.15) is 0 Å². The van der Waals surface area contributed by atoms with Gasteiger partial charge in [-0.3, -0.25) is 0 Å². The van der Waals surface area contributed by atoms with E-state index in [2.05, 4.69) is 0 Å². The number of rotatable bonds is 1. The van der Waals surface area contributed by atoms with Gasteiger partial charge < -0.3 is 4.74 Å². The maximum atomic E-state index is 10.3. The van der Waals surface area contributed by atoms with Gasteiger partial charge in [0.15, 0.2) is 0 Å². The molecule has 1 aliphatic carbocycles. The molecule has 0 saturated heterocycles. The number of amides is 1. The lowest BCUT2D eigenvalue weighted by atomic mass is 10.2. The van der Waals surface area contributed by atoms with E-state index in [9.17, 15) is 4.79 Å². The third-order valence-electron chi connectivity index (χ3n) is 2.08. The molecular formula is C8H14NO2. The van der Waals surface area contributed by atoms with Gasteiger partial charge in [0.2, 0.25) is 0 Å². The van der Waals surface area contributed by atoms with Gasteiger partial charge >= 0.3 is 6.09 Å². The first-order valence-corrected chi connectivity index (χ1v) is 4.21. The van der Waals surface area contributed by atoms with E-state index in [-0.39, 0.29) is 6.10 Å². The predicted molar refractivity (Wildman–Crippen MR) is 41.1 cm³/mol. The monoisotopic (exact) mass is 156 g/mol. The molecule has 0 bridgehead atoms. The summed E-state index contributed by atoms with van der Waals surface area (Å²) in [5.74, 6) is 0. The highest BCUT2D eigenvalue weighted by Crippen LogP contribution is 2.19. The van der Waals surface area contributed by atoms with Crippen molar-refractivity contribution in [1.82, 2.24) is 5.73 Å². The van der Waals surface area contributed by atoms with E-state index in [1.807, 2.05) is 0 Å². The number of carbonyl (C=O) groups excluding carboxylic acids is 1. The summed E-state index contributed by atoms with van der Waals surface area (Å²) in [5.41, 5.74) is 6.62. The fraction of sp³-hybridized carbons (Fsp3) is 0.875. The van der Waals surface area contributed by atoms with Crippen LogP contribution in [0.25, 0.3) is 0 Å². The van der Waals surface area contributed by atoms with Crippen molar-refractivity contribution < 1.29 is 9.53 Å². The van der Waals surface area contributed by atoms with Crippen LogP contribution in [-0.2, 0) is 4.74 Å². The van der Waals surface area contributed by atoms with Crippen LogP contribution < -0.4 is 5.73 Å². The average Bonchev–Trinajstić information content (AvgIpc) is 2.14. The summed E-state index contributed by atoms with van der Waals surface area (Å²) in [6.45, 7) is 0. The van der Waals surface area contributed by atoms with Crippen molar-refractivity contribution in [3.05, 3.63) is 0 Å². The fourth-order valence-electron chi connectivity index (χ4n) is 1.51. The zero-order chi connectivity index (χ0) is 8.10. The SMILES string of the molecule is [NH]C(=O)OC1CCCCCC1. The van der Waals surface area contributed by atoms with Gasteiger partial charge in [0.25, 0.3) is 0 Å². The third kappa shape index (κ3) is 3.25. The van der Waals surface area contributed by atoms with Crippen molar-refractivity contribution in [3.8, 4) is 0 Å². The molecule has 0 heterocycles. The summed E-state index contributed by atoms with van der Waals surface area (Å²) >= 11 is 0. The first-order chi connectivity index (χ1) is 5.29. The molecule has 1 aliphatic rings. The van der Waals surface area contributed by atoms with Crippen LogP contribution in [0.3, 0.4) is 0 Å². The van der Waals surface area contributed by atoms with E-state index < -0.39 is 6.09 Å². The van der Waals surface area contributed by atoms with Crippen molar-refractivity contribution in [3.63, 3.8) is 0 Å². The first-order valence-electron chi connectivity index (χ1n) is 4.21. The van der Waals surface area contributed by atoms with E-state index in [1.165, 1.54) is 12.8 Å². The van der Waals surface area contributed by atoms with Gasteiger partial charge in [-0.25, -0.2) is 10.5 Å². The number of nitrogens with one attached hydrogen (secondary N) is 1. The molecule has 0 aromatic rings. The molecule has 1 radical (unpaired) electrons. The lowest BCUT2D eigenvalue weighted by Gasteiger charge is -2.12. The van der Waals surface area contributed by atoms with Crippen LogP contribution >= 0.6 is 0 Å². The Morgan fingerprint density at radius 3 is 2.18 bits per heavy atom. The Morgan fingerprint density at radius 1 is 1.18 bits per heavy atom. The number of hydrogen-bond acceptors (Lipinski definition) is 2. The second-order valence-corrected chi connectivity index (χ2v) is 3.02. The molecule has 3 heteroatoms. The number of hydrogen-bond donors (Lipinski definition) is 0. The molecule has 0 aromatic carbocycles. The minimum Gasteiger partial charge on any atom is -0.445 e. The van der Waals surface area contributed by atoms with Crippen LogP contribution in [0.15, 0.2) is 0 Å². The molecule has 1 N–H and O–H groups in total. The second kappa shape index (κ2) is 4.21. The molecule has 3 nitrogen and oxygen atoms in total. The Balaban J connectivity index is 2.25. The number of ether oxygens (including phenoxy) is 1. The Morgan fingerprint density at radius 2 is 1.73 bits per heavy atom. The fourth-order valence-corrected chi connectivity index (χ4v) is 1.51. The van der Waals surface area contributed by atoms with Gasteiger partial charge in [-0.05, 0) is 25.7 Å². The smallest absolute Gasteiger partial charge is 0.426 e. The minimum atomic E-state index is -0.878. The average molecular weight is 156 g/mol. The highest BCUT2D eigenvalue weighted by Gasteiger charge is 2.14. The van der Waals surface area contributed by atoms with E-state index in [0.717, 1.165) is 25.7 Å². The highest BCUT2D eigenvalue weighted by atomic mass is 16.6. The molecule has 0 atom stereocenters. The van der Waals surface area contributed by atoms with Crippen LogP contribution in [0, 0.1) is 0 Å². The van der Waals surface area contributed by atoms with Crippen LogP contribution in [0.4, 0.5) is 4.79 Å². The van der Waals surface area contributed by atoms with Crippen LogP contribution in [0.5, 0.6) is 0 Å². The standard InChI is InChI=1S/C8H14NO2/c9-8(10)11-7-5-3-1-2-4-6-7/h7,9H,1-6H2. The third-order valence-corrected chi connectivity index (χ3v) is 2.08. The van der Waals surface area contributed by atoms with Crippen LogP contribution in [0.2, 0.25) is 0 Å². The molecule has 1 rings (SSSR count). The lowest BCUT2D eigenvalue weighted by molar-refractivity contribution is 0.0957. The van der Waals surface area contributed by atoms with Crippen molar-refractivity contribution in [1.29, 1.82) is 0 Å². The molecular weight excluding hydrogens is 142 g/mol. The van der Waals surface area contributed by atoms with Crippen molar-refractivity contribution >= 4 is 6.09 Å². The molecule has 0 aliphatic heterocycles. The molecule has 1 fully saturated rings. The van der Waals surface area contributed by atoms with Gasteiger partial charge in [-0.1, -0.05) is 12.8 Å². The van der Waals surface area contributed by atoms with E-state index in [4.69, 9.17) is 10.5 Å².